The molecule has 1 unspecified atom stereocenters. The van der Waals surface area contributed by atoms with Crippen LogP contribution < -0.4 is 10.9 Å². The molecule has 1 aromatic heterocycles. The topological polar surface area (TPSA) is 112 Å². The van der Waals surface area contributed by atoms with Crippen LogP contribution in [-0.4, -0.2) is 33.5 Å². The summed E-state index contributed by atoms with van der Waals surface area (Å²) in [5.74, 6) is -1.44. The smallest absolute Gasteiger partial charge is 0.303 e. The fourth-order valence-electron chi connectivity index (χ4n) is 1.40. The summed E-state index contributed by atoms with van der Waals surface area (Å²) in [6.45, 7) is 2.13. The molecule has 0 aliphatic rings. The minimum atomic E-state index is -0.890. The van der Waals surface area contributed by atoms with Crippen LogP contribution in [0.3, 0.4) is 0 Å². The van der Waals surface area contributed by atoms with Gasteiger partial charge < -0.3 is 15.4 Å². The van der Waals surface area contributed by atoms with Crippen molar-refractivity contribution in [3.05, 3.63) is 28.4 Å². The number of carboxylic acids is 1. The molecule has 0 fully saturated rings. The standard InChI is InChI=1S/C11H15N3O4/c1-2-7(3-10(16)17)4-14-11(18)8-5-13-9(15)6-12-8/h5-7H,2-4H2,1H3,(H,13,15)(H,14,18)(H,16,17). The molecular weight excluding hydrogens is 238 g/mol. The van der Waals surface area contributed by atoms with Gasteiger partial charge in [-0.2, -0.15) is 0 Å². The molecule has 7 heteroatoms. The van der Waals surface area contributed by atoms with Crippen molar-refractivity contribution in [1.29, 1.82) is 0 Å². The minimum Gasteiger partial charge on any atom is -0.481 e. The van der Waals surface area contributed by atoms with Crippen molar-refractivity contribution < 1.29 is 14.7 Å². The Labute approximate surface area is 103 Å². The Morgan fingerprint density at radius 1 is 1.56 bits per heavy atom. The molecule has 0 bridgehead atoms. The molecule has 0 aromatic carbocycles. The van der Waals surface area contributed by atoms with Crippen molar-refractivity contribution in [3.63, 3.8) is 0 Å². The van der Waals surface area contributed by atoms with Gasteiger partial charge in [0.25, 0.3) is 11.5 Å². The number of aliphatic carboxylic acids is 1. The van der Waals surface area contributed by atoms with Crippen molar-refractivity contribution in [2.24, 2.45) is 5.92 Å². The second-order valence-electron chi connectivity index (χ2n) is 3.88. The normalized spacial score (nSPS) is 11.8. The van der Waals surface area contributed by atoms with Gasteiger partial charge in [0, 0.05) is 19.2 Å². The zero-order valence-electron chi connectivity index (χ0n) is 9.97. The summed E-state index contributed by atoms with van der Waals surface area (Å²) in [4.78, 5) is 39.0. The highest BCUT2D eigenvalue weighted by atomic mass is 16.4. The molecule has 7 nitrogen and oxygen atoms in total. The van der Waals surface area contributed by atoms with Gasteiger partial charge in [-0.1, -0.05) is 13.3 Å². The fourth-order valence-corrected chi connectivity index (χ4v) is 1.40. The Bertz CT molecular complexity index is 463. The van der Waals surface area contributed by atoms with E-state index in [1.807, 2.05) is 6.92 Å². The van der Waals surface area contributed by atoms with Gasteiger partial charge >= 0.3 is 5.97 Å². The number of H-pyrrole nitrogens is 1. The number of aromatic nitrogens is 2. The second kappa shape index (κ2) is 6.53. The van der Waals surface area contributed by atoms with E-state index in [4.69, 9.17) is 5.11 Å². The van der Waals surface area contributed by atoms with Crippen LogP contribution in [0.15, 0.2) is 17.2 Å². The van der Waals surface area contributed by atoms with E-state index in [0.717, 1.165) is 6.20 Å². The van der Waals surface area contributed by atoms with Gasteiger partial charge in [-0.3, -0.25) is 14.4 Å². The molecule has 18 heavy (non-hydrogen) atoms. The largest absolute Gasteiger partial charge is 0.481 e. The van der Waals surface area contributed by atoms with Crippen LogP contribution in [-0.2, 0) is 4.79 Å². The highest BCUT2D eigenvalue weighted by Crippen LogP contribution is 2.06. The molecule has 1 aromatic rings. The summed E-state index contributed by atoms with van der Waals surface area (Å²) in [5, 5.41) is 11.3. The molecule has 1 amide bonds. The number of carboxylic acid groups (broad SMARTS) is 1. The molecule has 3 N–H and O–H groups in total. The summed E-state index contributed by atoms with van der Waals surface area (Å²) in [5.41, 5.74) is -0.288. The van der Waals surface area contributed by atoms with Crippen molar-refractivity contribution in [3.8, 4) is 0 Å². The number of nitrogens with zero attached hydrogens (tertiary/aromatic N) is 1. The highest BCUT2D eigenvalue weighted by molar-refractivity contribution is 5.91. The number of hydrogen-bond acceptors (Lipinski definition) is 4. The van der Waals surface area contributed by atoms with Gasteiger partial charge in [0.05, 0.1) is 6.20 Å². The maximum absolute atomic E-state index is 11.6. The quantitative estimate of drug-likeness (QED) is 0.660. The van der Waals surface area contributed by atoms with Crippen molar-refractivity contribution in [1.82, 2.24) is 15.3 Å². The average Bonchev–Trinajstić information content (AvgIpc) is 2.34. The van der Waals surface area contributed by atoms with Crippen molar-refractivity contribution in [2.75, 3.05) is 6.54 Å². The van der Waals surface area contributed by atoms with Crippen LogP contribution in [0.1, 0.15) is 30.3 Å². The minimum absolute atomic E-state index is 0.00975. The summed E-state index contributed by atoms with van der Waals surface area (Å²) in [6, 6.07) is 0. The van der Waals surface area contributed by atoms with E-state index in [0.29, 0.717) is 6.42 Å². The Morgan fingerprint density at radius 2 is 2.28 bits per heavy atom. The lowest BCUT2D eigenvalue weighted by atomic mass is 10.0. The molecule has 1 rings (SSSR count). The molecular formula is C11H15N3O4. The molecule has 0 aliphatic heterocycles. The zero-order chi connectivity index (χ0) is 13.5. The zero-order valence-corrected chi connectivity index (χ0v) is 9.97. The first-order valence-corrected chi connectivity index (χ1v) is 5.57. The number of amides is 1. The van der Waals surface area contributed by atoms with Gasteiger partial charge in [0.2, 0.25) is 0 Å². The lowest BCUT2D eigenvalue weighted by molar-refractivity contribution is -0.138. The molecule has 1 atom stereocenters. The molecule has 0 spiro atoms. The first-order chi connectivity index (χ1) is 8.52. The number of rotatable bonds is 6. The molecule has 0 aliphatic carbocycles. The van der Waals surface area contributed by atoms with E-state index in [2.05, 4.69) is 15.3 Å². The molecule has 0 radical (unpaired) electrons. The van der Waals surface area contributed by atoms with Crippen LogP contribution in [0.4, 0.5) is 0 Å². The Hall–Kier alpha value is -2.18. The van der Waals surface area contributed by atoms with Crippen LogP contribution in [0, 0.1) is 5.92 Å². The third-order valence-corrected chi connectivity index (χ3v) is 2.50. The Morgan fingerprint density at radius 3 is 2.78 bits per heavy atom. The number of carbonyl (C=O) groups is 2. The lowest BCUT2D eigenvalue weighted by Crippen LogP contribution is -2.31. The summed E-state index contributed by atoms with van der Waals surface area (Å²) >= 11 is 0. The Kier molecular flexibility index (Phi) is 5.04. The van der Waals surface area contributed by atoms with Crippen molar-refractivity contribution >= 4 is 11.9 Å². The first-order valence-electron chi connectivity index (χ1n) is 5.57. The van der Waals surface area contributed by atoms with Crippen LogP contribution in [0.25, 0.3) is 0 Å². The van der Waals surface area contributed by atoms with Gasteiger partial charge in [0.15, 0.2) is 0 Å². The predicted octanol–water partition coefficient (Wildman–Crippen LogP) is 0.000600. The number of nitrogens with one attached hydrogen (secondary N) is 2. The van der Waals surface area contributed by atoms with E-state index in [-0.39, 0.29) is 30.1 Å². The summed E-state index contributed by atoms with van der Waals surface area (Å²) in [6.07, 6.45) is 2.90. The maximum Gasteiger partial charge on any atom is 0.303 e. The van der Waals surface area contributed by atoms with E-state index in [1.54, 1.807) is 0 Å². The fraction of sp³-hybridized carbons (Fsp3) is 0.455. The third kappa shape index (κ3) is 4.36. The molecule has 98 valence electrons. The SMILES string of the molecule is CCC(CNC(=O)c1c[nH]c(=O)cn1)CC(=O)O. The van der Waals surface area contributed by atoms with Crippen molar-refractivity contribution in [2.45, 2.75) is 19.8 Å². The number of carbonyl (C=O) groups excluding carboxylic acids is 1. The van der Waals surface area contributed by atoms with E-state index >= 15 is 0 Å². The van der Waals surface area contributed by atoms with Crippen LogP contribution in [0.5, 0.6) is 0 Å². The third-order valence-electron chi connectivity index (χ3n) is 2.50. The number of aromatic amines is 1. The highest BCUT2D eigenvalue weighted by Gasteiger charge is 2.13. The molecule has 0 saturated heterocycles. The summed E-state index contributed by atoms with van der Waals surface area (Å²) < 4.78 is 0. The predicted molar refractivity (Wildman–Crippen MR) is 63.2 cm³/mol. The van der Waals surface area contributed by atoms with Gasteiger partial charge in [-0.05, 0) is 5.92 Å². The number of hydrogen-bond donors (Lipinski definition) is 3. The van der Waals surface area contributed by atoms with Crippen LogP contribution >= 0.6 is 0 Å². The average molecular weight is 253 g/mol. The lowest BCUT2D eigenvalue weighted by Gasteiger charge is -2.12. The van der Waals surface area contributed by atoms with Gasteiger partial charge in [-0.25, -0.2) is 4.98 Å². The van der Waals surface area contributed by atoms with E-state index < -0.39 is 11.9 Å². The Balaban J connectivity index is 2.52. The molecule has 0 saturated carbocycles. The van der Waals surface area contributed by atoms with Gasteiger partial charge in [0.1, 0.15) is 5.69 Å². The van der Waals surface area contributed by atoms with Gasteiger partial charge in [-0.15, -0.1) is 0 Å². The maximum atomic E-state index is 11.6. The van der Waals surface area contributed by atoms with E-state index in [1.165, 1.54) is 6.20 Å². The van der Waals surface area contributed by atoms with E-state index in [9.17, 15) is 14.4 Å². The second-order valence-corrected chi connectivity index (χ2v) is 3.88. The monoisotopic (exact) mass is 253 g/mol. The summed E-state index contributed by atoms with van der Waals surface area (Å²) in [7, 11) is 0. The van der Waals surface area contributed by atoms with Crippen LogP contribution in [0.2, 0.25) is 0 Å². The first kappa shape index (κ1) is 13.9. The molecule has 1 heterocycles.